The van der Waals surface area contributed by atoms with Crippen molar-refractivity contribution >= 4 is 19.7 Å². The molecule has 9 nitrogen and oxygen atoms in total. The molecule has 1 amide bonds. The van der Waals surface area contributed by atoms with Gasteiger partial charge in [0, 0.05) is 19.4 Å². The number of aliphatic hydroxyl groups is 1. The molecule has 0 spiro atoms. The Morgan fingerprint density at radius 1 is 0.492 bits per heavy atom. The molecular weight excluding hydrogens is 810 g/mol. The summed E-state index contributed by atoms with van der Waals surface area (Å²) in [6.45, 7) is 3.58. The number of aliphatic hydroxyl groups excluding tert-OH is 1. The molecule has 372 valence electrons. The van der Waals surface area contributed by atoms with Crippen molar-refractivity contribution in [1.82, 2.24) is 5.32 Å². The summed E-state index contributed by atoms with van der Waals surface area (Å²) < 4.78 is 27.0. The molecule has 63 heavy (non-hydrogen) atoms. The number of hydrogen-bond donors (Lipinski definition) is 3. The highest BCUT2D eigenvalue weighted by atomic mass is 31.2. The molecule has 0 radical (unpaired) electrons. The number of phosphoric ester groups is 1. The number of unbranched alkanes of at least 4 members (excludes halogenated alkanes) is 34. The molecule has 0 aliphatic carbocycles. The van der Waals surface area contributed by atoms with E-state index in [1.165, 1.54) is 199 Å². The van der Waals surface area contributed by atoms with Crippen molar-refractivity contribution in [2.75, 3.05) is 26.4 Å². The normalized spacial score (nSPS) is 13.3. The van der Waals surface area contributed by atoms with Crippen molar-refractivity contribution < 1.29 is 37.9 Å². The van der Waals surface area contributed by atoms with E-state index in [2.05, 4.69) is 43.5 Å². The van der Waals surface area contributed by atoms with E-state index in [1.54, 1.807) is 0 Å². The quantitative estimate of drug-likeness (QED) is 0.0238. The van der Waals surface area contributed by atoms with Crippen LogP contribution in [0, 0.1) is 0 Å². The van der Waals surface area contributed by atoms with Crippen LogP contribution in [0.5, 0.6) is 0 Å². The fraction of sp³-hybridized carbons (Fsp3) is 0.887. The SMILES string of the molecule is CCCCC/C=C\C/C=C\CCCCCCCCCCCC(=O)OCC(O)COP(=O)(O)OCCNC(=O)CCCCCCCCCCCCCCCCCCCCCCCCC. The largest absolute Gasteiger partial charge is 0.472 e. The lowest BCUT2D eigenvalue weighted by molar-refractivity contribution is -0.147. The first kappa shape index (κ1) is 61.5. The Morgan fingerprint density at radius 3 is 1.30 bits per heavy atom. The van der Waals surface area contributed by atoms with Crippen LogP contribution >= 0.6 is 7.82 Å². The predicted molar refractivity (Wildman–Crippen MR) is 266 cm³/mol. The first-order valence-corrected chi connectivity index (χ1v) is 28.3. The highest BCUT2D eigenvalue weighted by Crippen LogP contribution is 2.42. The number of carbonyl (C=O) groups is 2. The summed E-state index contributed by atoms with van der Waals surface area (Å²) in [6.07, 6.45) is 56.9. The number of amides is 1. The first-order valence-electron chi connectivity index (χ1n) is 26.8. The minimum atomic E-state index is -4.42. The minimum Gasteiger partial charge on any atom is -0.463 e. The van der Waals surface area contributed by atoms with E-state index >= 15 is 0 Å². The van der Waals surface area contributed by atoms with Crippen molar-refractivity contribution in [3.8, 4) is 0 Å². The molecule has 0 aromatic heterocycles. The molecule has 0 rings (SSSR count). The Hall–Kier alpha value is -1.51. The zero-order valence-electron chi connectivity index (χ0n) is 41.3. The molecule has 0 heterocycles. The third-order valence-electron chi connectivity index (χ3n) is 11.9. The number of hydrogen-bond acceptors (Lipinski definition) is 7. The molecule has 0 bridgehead atoms. The maximum atomic E-state index is 12.2. The van der Waals surface area contributed by atoms with Gasteiger partial charge in [-0.1, -0.05) is 237 Å². The van der Waals surface area contributed by atoms with E-state index in [0.29, 0.717) is 6.42 Å². The monoisotopic (exact) mass is 912 g/mol. The fourth-order valence-corrected chi connectivity index (χ4v) is 8.58. The molecular formula is C53H102NO8P. The smallest absolute Gasteiger partial charge is 0.463 e. The van der Waals surface area contributed by atoms with Crippen LogP contribution in [0.15, 0.2) is 24.3 Å². The van der Waals surface area contributed by atoms with Crippen molar-refractivity contribution in [2.24, 2.45) is 0 Å². The summed E-state index contributed by atoms with van der Waals surface area (Å²) in [5.41, 5.74) is 0. The second-order valence-corrected chi connectivity index (χ2v) is 19.7. The summed E-state index contributed by atoms with van der Waals surface area (Å²) >= 11 is 0. The minimum absolute atomic E-state index is 0.0855. The Kier molecular flexibility index (Phi) is 48.7. The molecule has 0 aromatic rings. The van der Waals surface area contributed by atoms with Crippen LogP contribution in [-0.4, -0.2) is 54.3 Å². The van der Waals surface area contributed by atoms with Gasteiger partial charge in [-0.15, -0.1) is 0 Å². The maximum absolute atomic E-state index is 12.2. The number of rotatable bonds is 51. The van der Waals surface area contributed by atoms with Crippen molar-refractivity contribution in [3.63, 3.8) is 0 Å². The second kappa shape index (κ2) is 49.9. The van der Waals surface area contributed by atoms with E-state index in [-0.39, 0.29) is 32.1 Å². The summed E-state index contributed by atoms with van der Waals surface area (Å²) in [5.74, 6) is -0.508. The van der Waals surface area contributed by atoms with Crippen LogP contribution in [0.1, 0.15) is 271 Å². The van der Waals surface area contributed by atoms with E-state index in [4.69, 9.17) is 13.8 Å². The molecule has 0 saturated carbocycles. The molecule has 0 saturated heterocycles. The van der Waals surface area contributed by atoms with Crippen LogP contribution < -0.4 is 5.32 Å². The van der Waals surface area contributed by atoms with Crippen LogP contribution in [0.3, 0.4) is 0 Å². The zero-order chi connectivity index (χ0) is 46.0. The average molecular weight is 912 g/mol. The van der Waals surface area contributed by atoms with Gasteiger partial charge in [-0.3, -0.25) is 18.6 Å². The van der Waals surface area contributed by atoms with Gasteiger partial charge in [0.2, 0.25) is 5.91 Å². The molecule has 2 atom stereocenters. The Morgan fingerprint density at radius 2 is 0.857 bits per heavy atom. The van der Waals surface area contributed by atoms with Crippen molar-refractivity contribution in [1.29, 1.82) is 0 Å². The molecule has 0 fully saturated rings. The van der Waals surface area contributed by atoms with Gasteiger partial charge >= 0.3 is 13.8 Å². The van der Waals surface area contributed by atoms with E-state index < -0.39 is 26.5 Å². The van der Waals surface area contributed by atoms with Crippen molar-refractivity contribution in [2.45, 2.75) is 277 Å². The number of esters is 1. The fourth-order valence-electron chi connectivity index (χ4n) is 7.83. The Bertz CT molecular complexity index is 1090. The van der Waals surface area contributed by atoms with Crippen LogP contribution in [0.25, 0.3) is 0 Å². The van der Waals surface area contributed by atoms with Gasteiger partial charge in [0.1, 0.15) is 12.7 Å². The second-order valence-electron chi connectivity index (χ2n) is 18.2. The number of allylic oxidation sites excluding steroid dienone is 4. The average Bonchev–Trinajstić information content (AvgIpc) is 3.27. The zero-order valence-corrected chi connectivity index (χ0v) is 42.2. The number of carbonyl (C=O) groups excluding carboxylic acids is 2. The first-order chi connectivity index (χ1) is 30.8. The van der Waals surface area contributed by atoms with Gasteiger partial charge in [-0.25, -0.2) is 4.57 Å². The lowest BCUT2D eigenvalue weighted by atomic mass is 10.0. The maximum Gasteiger partial charge on any atom is 0.472 e. The summed E-state index contributed by atoms with van der Waals surface area (Å²) in [7, 11) is -4.42. The highest BCUT2D eigenvalue weighted by molar-refractivity contribution is 7.47. The van der Waals surface area contributed by atoms with Crippen LogP contribution in [0.2, 0.25) is 0 Å². The standard InChI is InChI=1S/C53H102NO8P/c1-3-5-7-9-11-13-15-17-19-21-23-24-25-26-28-29-31-33-35-37-39-41-43-45-52(56)54-47-48-61-63(58,59)62-50-51(55)49-60-53(57)46-44-42-40-38-36-34-32-30-27-22-20-18-16-14-12-10-8-6-4-2/h12,14,18,20,51,55H,3-11,13,15-17,19,21-50H2,1-2H3,(H,54,56)(H,58,59)/b14-12-,20-18-. The lowest BCUT2D eigenvalue weighted by Crippen LogP contribution is -2.27. The number of nitrogens with one attached hydrogen (secondary N) is 1. The summed E-state index contributed by atoms with van der Waals surface area (Å²) in [5, 5.41) is 12.8. The number of phosphoric acid groups is 1. The van der Waals surface area contributed by atoms with Gasteiger partial charge in [0.15, 0.2) is 0 Å². The van der Waals surface area contributed by atoms with Gasteiger partial charge in [-0.05, 0) is 44.9 Å². The van der Waals surface area contributed by atoms with E-state index in [0.717, 1.165) is 44.9 Å². The molecule has 0 aliphatic rings. The van der Waals surface area contributed by atoms with E-state index in [9.17, 15) is 24.2 Å². The molecule has 0 aliphatic heterocycles. The summed E-state index contributed by atoms with van der Waals surface area (Å²) in [4.78, 5) is 34.1. The topological polar surface area (TPSA) is 131 Å². The molecule has 10 heteroatoms. The van der Waals surface area contributed by atoms with Gasteiger partial charge in [0.25, 0.3) is 0 Å². The van der Waals surface area contributed by atoms with Crippen LogP contribution in [0.4, 0.5) is 0 Å². The highest BCUT2D eigenvalue weighted by Gasteiger charge is 2.23. The molecule has 2 unspecified atom stereocenters. The summed E-state index contributed by atoms with van der Waals surface area (Å²) in [6, 6.07) is 0. The lowest BCUT2D eigenvalue weighted by Gasteiger charge is -2.15. The van der Waals surface area contributed by atoms with Gasteiger partial charge < -0.3 is 20.1 Å². The third-order valence-corrected chi connectivity index (χ3v) is 12.9. The third kappa shape index (κ3) is 51.3. The Labute approximate surface area is 389 Å². The van der Waals surface area contributed by atoms with Crippen molar-refractivity contribution in [3.05, 3.63) is 24.3 Å². The molecule has 0 aromatic carbocycles. The van der Waals surface area contributed by atoms with Gasteiger partial charge in [0.05, 0.1) is 13.2 Å². The van der Waals surface area contributed by atoms with Gasteiger partial charge in [-0.2, -0.15) is 0 Å². The predicted octanol–water partition coefficient (Wildman–Crippen LogP) is 15.9. The number of ether oxygens (including phenoxy) is 1. The van der Waals surface area contributed by atoms with Crippen LogP contribution in [-0.2, 0) is 27.9 Å². The Balaban J connectivity index is 3.51. The van der Waals surface area contributed by atoms with E-state index in [1.807, 2.05) is 0 Å². The molecule has 3 N–H and O–H groups in total.